The number of rotatable bonds is 2. The maximum Gasteiger partial charge on any atom is 4.00 e. The van der Waals surface area contributed by atoms with Gasteiger partial charge in [0.2, 0.25) is 0 Å². The van der Waals surface area contributed by atoms with E-state index in [1.165, 1.54) is 0 Å². The van der Waals surface area contributed by atoms with Crippen molar-refractivity contribution in [3.05, 3.63) is 0 Å². The van der Waals surface area contributed by atoms with Crippen molar-refractivity contribution in [1.29, 1.82) is 0 Å². The Morgan fingerprint density at radius 2 is 1.28 bits per heavy atom. The molecule has 0 radical (unpaired) electrons. The molecule has 3 fully saturated rings. The van der Waals surface area contributed by atoms with Gasteiger partial charge in [-0.25, -0.2) is 18.1 Å². The van der Waals surface area contributed by atoms with Crippen molar-refractivity contribution >= 4 is 23.5 Å². The average Bonchev–Trinajstić information content (AvgIpc) is 1.72. The summed E-state index contributed by atoms with van der Waals surface area (Å²) in [5.74, 6) is 0. The fraction of sp³-hybridized carbons (Fsp3) is 1.00. The van der Waals surface area contributed by atoms with Crippen LogP contribution in [0.1, 0.15) is 0 Å². The predicted octanol–water partition coefficient (Wildman–Crippen LogP) is -7.20. The molecule has 0 N–H and O–H groups in total. The molecule has 12 nitrogen and oxygen atoms in total. The molecule has 0 aromatic carbocycles. The van der Waals surface area contributed by atoms with Gasteiger partial charge in [0, 0.05) is 0 Å². The largest absolute Gasteiger partial charge is 4.00 e. The normalized spacial score (nSPS) is 32.5. The maximum absolute atomic E-state index is 10.4. The second-order valence-corrected chi connectivity index (χ2v) is 5.62. The van der Waals surface area contributed by atoms with Gasteiger partial charge in [-0.05, 0) is 0 Å². The molecule has 3 saturated heterocycles. The first-order valence-corrected chi connectivity index (χ1v) is 7.39. The van der Waals surface area contributed by atoms with E-state index in [9.17, 15) is 18.9 Å². The molecule has 0 atom stereocenters. The third-order valence-electron chi connectivity index (χ3n) is 0.894. The molecule has 3 rings (SSSR count). The van der Waals surface area contributed by atoms with E-state index < -0.39 is 29.6 Å². The van der Waals surface area contributed by atoms with E-state index in [4.69, 9.17) is 19.2 Å². The van der Waals surface area contributed by atoms with E-state index in [-0.39, 0.29) is 55.8 Å². The molecule has 0 aliphatic carbocycles. The van der Waals surface area contributed by atoms with Crippen molar-refractivity contribution in [2.24, 2.45) is 0 Å². The molecular weight excluding hydrogens is 411 g/mol. The SMILES string of the molecule is O=P([O-])([O-])OC12OP(=O)(O1)O2.O=P([O-])([O-])[O-].[Na+].[Zr+4]. The van der Waals surface area contributed by atoms with Crippen molar-refractivity contribution in [3.63, 3.8) is 0 Å². The average molecular weight is 411 g/mol. The third-order valence-corrected chi connectivity index (χ3v) is 2.68. The zero-order valence-corrected chi connectivity index (χ0v) is 15.4. The standard InChI is InChI=1S/CH2O8P2.Na.H3O4P.Zr/c2-10(3,4)6-1-7-11(5,8-1)9-1;;1-5(2,3)4;/h(H2,2,3,4);;(H3,1,2,3,4);/q;+1;;+4/p-5. The van der Waals surface area contributed by atoms with Crippen LogP contribution in [0.25, 0.3) is 0 Å². The van der Waals surface area contributed by atoms with Crippen LogP contribution in [-0.4, -0.2) is 6.16 Å². The second kappa shape index (κ2) is 6.98. The first-order chi connectivity index (χ1) is 6.83. The summed E-state index contributed by atoms with van der Waals surface area (Å²) >= 11 is 0. The zero-order valence-electron chi connectivity index (χ0n) is 8.24. The molecule has 0 saturated carbocycles. The van der Waals surface area contributed by atoms with E-state index in [1.54, 1.807) is 0 Å². The summed E-state index contributed by atoms with van der Waals surface area (Å²) in [5.41, 5.74) is 0. The summed E-state index contributed by atoms with van der Waals surface area (Å²) in [6, 6.07) is 0. The smallest absolute Gasteiger partial charge is 0.822 e. The van der Waals surface area contributed by atoms with Crippen molar-refractivity contribution < 1.29 is 112 Å². The molecule has 17 heteroatoms. The molecule has 0 unspecified atom stereocenters. The molecule has 18 heavy (non-hydrogen) atoms. The van der Waals surface area contributed by atoms with E-state index in [2.05, 4.69) is 18.1 Å². The van der Waals surface area contributed by atoms with Crippen LogP contribution in [0.2, 0.25) is 0 Å². The van der Waals surface area contributed by atoms with Crippen LogP contribution in [0.15, 0.2) is 0 Å². The molecule has 3 aliphatic rings. The summed E-state index contributed by atoms with van der Waals surface area (Å²) in [7, 11) is -14.1. The van der Waals surface area contributed by atoms with Gasteiger partial charge in [0.1, 0.15) is 0 Å². The summed E-state index contributed by atoms with van der Waals surface area (Å²) in [5, 5.41) is 0. The van der Waals surface area contributed by atoms with Gasteiger partial charge in [-0.3, -0.25) is 4.52 Å². The van der Waals surface area contributed by atoms with Gasteiger partial charge in [-0.2, -0.15) is 7.82 Å². The van der Waals surface area contributed by atoms with E-state index in [1.807, 2.05) is 0 Å². The summed E-state index contributed by atoms with van der Waals surface area (Å²) in [4.78, 5) is 45.4. The Kier molecular flexibility index (Phi) is 8.72. The van der Waals surface area contributed by atoms with Crippen LogP contribution in [-0.2, 0) is 58.0 Å². The minimum absolute atomic E-state index is 0. The molecular formula is CNaO12P3Zr. The van der Waals surface area contributed by atoms with Crippen LogP contribution in [0, 0.1) is 0 Å². The molecule has 96 valence electrons. The van der Waals surface area contributed by atoms with E-state index in [0.29, 0.717) is 0 Å². The van der Waals surface area contributed by atoms with Crippen molar-refractivity contribution in [3.8, 4) is 0 Å². The van der Waals surface area contributed by atoms with Crippen LogP contribution in [0.5, 0.6) is 0 Å². The fourth-order valence-electron chi connectivity index (χ4n) is 0.618. The zero-order chi connectivity index (χ0) is 12.8. The fourth-order valence-corrected chi connectivity index (χ4v) is 2.15. The van der Waals surface area contributed by atoms with Gasteiger partial charge < -0.3 is 33.6 Å². The molecule has 3 heterocycles. The maximum atomic E-state index is 10.4. The third kappa shape index (κ3) is 7.85. The molecule has 0 amide bonds. The van der Waals surface area contributed by atoms with Gasteiger partial charge in [0.25, 0.3) is 0 Å². The van der Waals surface area contributed by atoms with Gasteiger partial charge in [0.05, 0.1) is 7.82 Å². The molecule has 2 bridgehead atoms. The summed E-state index contributed by atoms with van der Waals surface area (Å²) in [6.45, 7) is 0. The quantitative estimate of drug-likeness (QED) is 0.307. The number of phosphoric ester groups is 2. The predicted molar refractivity (Wildman–Crippen MR) is 29.9 cm³/mol. The first kappa shape index (κ1) is 22.5. The number of hydrogen-bond acceptors (Lipinski definition) is 12. The Balaban J connectivity index is 0. The Morgan fingerprint density at radius 1 is 1.00 bits per heavy atom. The Bertz CT molecular complexity index is 386. The van der Waals surface area contributed by atoms with Gasteiger partial charge in [-0.15, -0.1) is 0 Å². The van der Waals surface area contributed by atoms with Crippen LogP contribution < -0.4 is 54.0 Å². The molecule has 0 aromatic heterocycles. The summed E-state index contributed by atoms with van der Waals surface area (Å²) < 4.78 is 44.7. The Hall–Kier alpha value is 2.21. The van der Waals surface area contributed by atoms with Crippen molar-refractivity contribution in [1.82, 2.24) is 0 Å². The minimum Gasteiger partial charge on any atom is -0.822 e. The Labute approximate surface area is 140 Å². The number of hydrogen-bond donors (Lipinski definition) is 0. The van der Waals surface area contributed by atoms with Crippen LogP contribution in [0.3, 0.4) is 0 Å². The monoisotopic (exact) mass is 410 g/mol. The summed E-state index contributed by atoms with van der Waals surface area (Å²) in [6.07, 6.45) is -2.34. The molecule has 0 spiro atoms. The van der Waals surface area contributed by atoms with Crippen molar-refractivity contribution in [2.75, 3.05) is 0 Å². The van der Waals surface area contributed by atoms with Crippen molar-refractivity contribution in [2.45, 2.75) is 6.16 Å². The Morgan fingerprint density at radius 3 is 1.44 bits per heavy atom. The van der Waals surface area contributed by atoms with E-state index >= 15 is 0 Å². The topological polar surface area (TPSA) is 203 Å². The first-order valence-electron chi connectivity index (χ1n) is 3.01. The van der Waals surface area contributed by atoms with E-state index in [0.717, 1.165) is 0 Å². The molecule has 3 aliphatic heterocycles. The van der Waals surface area contributed by atoms with Crippen LogP contribution >= 0.6 is 23.5 Å². The number of phosphoric acid groups is 3. The molecule has 0 aromatic rings. The minimum atomic E-state index is -5.39. The van der Waals surface area contributed by atoms with Crippen LogP contribution in [0.4, 0.5) is 0 Å². The van der Waals surface area contributed by atoms with Gasteiger partial charge >= 0.3 is 69.7 Å². The van der Waals surface area contributed by atoms with Gasteiger partial charge in [0.15, 0.2) is 0 Å². The second-order valence-electron chi connectivity index (χ2n) is 2.21. The van der Waals surface area contributed by atoms with Gasteiger partial charge in [-0.1, -0.05) is 0 Å².